The summed E-state index contributed by atoms with van der Waals surface area (Å²) in [5.74, 6) is -5.71. The summed E-state index contributed by atoms with van der Waals surface area (Å²) in [5, 5.41) is 34.8. The molecule has 0 radical (unpaired) electrons. The van der Waals surface area contributed by atoms with Crippen LogP contribution in [-0.4, -0.2) is 184 Å². The molecule has 30 nitrogen and oxygen atoms in total. The number of aliphatic hydroxyl groups excluding tert-OH is 3. The van der Waals surface area contributed by atoms with E-state index >= 15 is 0 Å². The second-order valence-electron chi connectivity index (χ2n) is 21.1. The van der Waals surface area contributed by atoms with Gasteiger partial charge >= 0.3 is 45.0 Å². The van der Waals surface area contributed by atoms with Crippen molar-refractivity contribution in [2.45, 2.75) is 125 Å². The normalized spacial score (nSPS) is 14.6. The average Bonchev–Trinajstić information content (AvgIpc) is 1.11. The molecule has 3 aromatic rings. The molecule has 0 aromatic heterocycles. The number of esters is 5. The molecule has 3 aromatic carbocycles. The number of halogens is 3. The maximum absolute atomic E-state index is 12.6. The summed E-state index contributed by atoms with van der Waals surface area (Å²) in [6.45, 7) is 18.9. The molecule has 39 heteroatoms. The smallest absolute Gasteiger partial charge is 0.325 e. The zero-order valence-electron chi connectivity index (χ0n) is 58.9. The van der Waals surface area contributed by atoms with Crippen LogP contribution in [0.2, 0.25) is 0 Å². The summed E-state index contributed by atoms with van der Waals surface area (Å²) in [5.41, 5.74) is 13.2. The molecule has 0 heterocycles. The first-order valence-electron chi connectivity index (χ1n) is 31.0. The van der Waals surface area contributed by atoms with E-state index in [-0.39, 0.29) is 63.4 Å². The van der Waals surface area contributed by atoms with Gasteiger partial charge in [-0.05, 0) is 83.5 Å². The van der Waals surface area contributed by atoms with Crippen molar-refractivity contribution in [1.29, 1.82) is 0 Å². The lowest BCUT2D eigenvalue weighted by molar-refractivity contribution is -0.148. The fourth-order valence-corrected chi connectivity index (χ4v) is 9.35. The number of aliphatic hydroxyl groups is 3. The molecule has 99 heavy (non-hydrogen) atoms. The number of nitrogens with two attached hydrogens (primary N) is 2. The molecular weight excluding hydrogens is 1480 g/mol. The molecule has 576 valence electrons. The van der Waals surface area contributed by atoms with E-state index in [9.17, 15) is 61.6 Å². The summed E-state index contributed by atoms with van der Waals surface area (Å²) in [6, 6.07) is 25.0. The highest BCUT2D eigenvalue weighted by Crippen LogP contribution is 2.52. The van der Waals surface area contributed by atoms with Crippen LogP contribution in [0.1, 0.15) is 104 Å². The van der Waals surface area contributed by atoms with Crippen LogP contribution in [0.5, 0.6) is 0 Å². The first kappa shape index (κ1) is 104. The number of benzene rings is 3. The van der Waals surface area contributed by atoms with Gasteiger partial charge in [0.05, 0.1) is 84.5 Å². The van der Waals surface area contributed by atoms with Gasteiger partial charge in [0, 0.05) is 53.1 Å². The topological polar surface area (TPSA) is 471 Å². The molecule has 0 amide bonds. The predicted octanol–water partition coefficient (Wildman–Crippen LogP) is 10.4. The highest BCUT2D eigenvalue weighted by atomic mass is 35.9. The highest BCUT2D eigenvalue weighted by Gasteiger charge is 2.32. The molecule has 3 rings (SSSR count). The lowest BCUT2D eigenvalue weighted by Gasteiger charge is -2.25. The summed E-state index contributed by atoms with van der Waals surface area (Å²) >= 11 is 15.1. The van der Waals surface area contributed by atoms with Crippen LogP contribution in [0.3, 0.4) is 0 Å². The van der Waals surface area contributed by atoms with Crippen molar-refractivity contribution in [1.82, 2.24) is 15.3 Å². The average molecular weight is 1590 g/mol. The minimum absolute atomic E-state index is 0.162. The highest BCUT2D eigenvalue weighted by molar-refractivity contribution is 8.08. The summed E-state index contributed by atoms with van der Waals surface area (Å²) in [7, 11) is -13.3. The van der Waals surface area contributed by atoms with Gasteiger partial charge in [-0.25, -0.2) is 15.3 Å². The van der Waals surface area contributed by atoms with Gasteiger partial charge in [-0.2, -0.15) is 0 Å². The van der Waals surface area contributed by atoms with Crippen LogP contribution in [0.15, 0.2) is 91.0 Å². The standard InChI is InChI=1S/C15H31N2O7P.C14H22NO4P.C8H10ClO2P.C8H11O3P.C7H15NO3.C6H13NO2.CH3Cl2OP.CH5O3P/c1-4-6-8-23-14(20)12(10-18)16-25(3,22)17-13(11-19)15(21)24-9-7-5-2;1-4-18-14(16)12(2)10-15-20(3,17)19-11-13-8-6-5-7-9-13;2*1-12(9,10)11-7-8-5-3-2-4-6-8;1-2-3-4-11-7(10)6(8)5-9;1-3-9-6(8)5(2)4-7;2*1-5(2,3)4/h12-13,18-19H,4-11H2,1-3H3,(H2,16,17,22);5-9,12H,4,10-11H2,1-3H3,(H,15,17);2-6H,7H2,1H3;2-6H,7H2,1H3,(H,9,10);6,9H,2-5,8H2,1H3;5H,3-4,7H2,1-2H3;1H3;1H3,(H2,2,3,4). The number of carbonyl (C=O) groups is 5. The van der Waals surface area contributed by atoms with Crippen molar-refractivity contribution in [2.24, 2.45) is 23.3 Å². The predicted molar refractivity (Wildman–Crippen MR) is 388 cm³/mol. The van der Waals surface area contributed by atoms with Gasteiger partial charge in [-0.3, -0.25) is 51.4 Å². The maximum atomic E-state index is 12.6. The van der Waals surface area contributed by atoms with E-state index in [1.807, 2.05) is 112 Å². The Hall–Kier alpha value is -3.30. The van der Waals surface area contributed by atoms with Gasteiger partial charge in [0.2, 0.25) is 13.3 Å². The van der Waals surface area contributed by atoms with E-state index in [4.69, 9.17) is 97.5 Å². The zero-order chi connectivity index (χ0) is 77.3. The third-order valence-electron chi connectivity index (χ3n) is 10.8. The Kier molecular flexibility index (Phi) is 64.3. The van der Waals surface area contributed by atoms with Gasteiger partial charge in [-0.1, -0.05) is 145 Å². The first-order chi connectivity index (χ1) is 45.8. The van der Waals surface area contributed by atoms with Crippen LogP contribution >= 0.6 is 76.4 Å². The Morgan fingerprint density at radius 1 is 0.485 bits per heavy atom. The second-order valence-corrected chi connectivity index (χ2v) is 38.7. The summed E-state index contributed by atoms with van der Waals surface area (Å²) in [4.78, 5) is 80.6. The van der Waals surface area contributed by atoms with Crippen molar-refractivity contribution in [2.75, 3.05) is 106 Å². The molecule has 8 unspecified atom stereocenters. The van der Waals surface area contributed by atoms with Gasteiger partial charge in [-0.15, -0.1) is 0 Å². The SMILES string of the molecule is CCCCOC(=O)C(CO)NP(C)(=O)NC(CO)C(=O)OCCCC.CCCCOC(=O)C(N)CO.CCOC(=O)C(C)CN.CCOC(=O)C(C)CNP(C)(=O)OCc1ccccc1.CP(=O)(Cl)Cl.CP(=O)(Cl)OCc1ccccc1.CP(=O)(O)O.CP(=O)(O)OCc1ccccc1. The monoisotopic (exact) mass is 1590 g/mol. The minimum Gasteiger partial charge on any atom is -0.466 e. The van der Waals surface area contributed by atoms with Crippen LogP contribution in [0.25, 0.3) is 0 Å². The molecule has 13 N–H and O–H groups in total. The fourth-order valence-electron chi connectivity index (χ4n) is 5.70. The number of hydrogen-bond donors (Lipinski definition) is 11. The Morgan fingerprint density at radius 3 is 1.08 bits per heavy atom. The Bertz CT molecular complexity index is 2750. The van der Waals surface area contributed by atoms with E-state index in [2.05, 4.69) is 20.0 Å². The number of hydrogen-bond acceptors (Lipinski definition) is 24. The Labute approximate surface area is 598 Å². The molecule has 0 fully saturated rings. The Morgan fingerprint density at radius 2 is 0.798 bits per heavy atom. The van der Waals surface area contributed by atoms with Crippen LogP contribution in [0, 0.1) is 11.8 Å². The molecule has 0 aliphatic carbocycles. The lowest BCUT2D eigenvalue weighted by atomic mass is 10.2. The van der Waals surface area contributed by atoms with E-state index in [0.717, 1.165) is 49.0 Å². The van der Waals surface area contributed by atoms with Gasteiger partial charge in [0.25, 0.3) is 14.2 Å². The number of unbranched alkanes of at least 4 members (excludes halogenated alkanes) is 3. The molecule has 8 atom stereocenters. The fraction of sp³-hybridized carbons (Fsp3) is 0.617. The minimum atomic E-state index is -3.64. The molecule has 0 spiro atoms. The van der Waals surface area contributed by atoms with E-state index in [1.165, 1.54) is 33.3 Å². The lowest BCUT2D eigenvalue weighted by Crippen LogP contribution is -2.46. The number of rotatable bonds is 36. The zero-order valence-corrected chi connectivity index (χ0v) is 66.5. The van der Waals surface area contributed by atoms with E-state index in [0.29, 0.717) is 45.8 Å². The molecule has 0 aliphatic heterocycles. The largest absolute Gasteiger partial charge is 0.466 e. The van der Waals surface area contributed by atoms with Crippen molar-refractivity contribution >= 4 is 106 Å². The van der Waals surface area contributed by atoms with Gasteiger partial charge < -0.3 is 78.7 Å². The quantitative estimate of drug-likeness (QED) is 0.0111. The molecule has 0 aliphatic rings. The third kappa shape index (κ3) is 75.7. The third-order valence-corrected chi connectivity index (χ3v) is 15.3. The van der Waals surface area contributed by atoms with Gasteiger partial charge in [0.1, 0.15) is 18.1 Å². The van der Waals surface area contributed by atoms with Crippen LogP contribution < -0.4 is 26.7 Å². The first-order valence-corrected chi connectivity index (χ1v) is 46.3. The number of carbonyl (C=O) groups excluding carboxylic acids is 5. The van der Waals surface area contributed by atoms with Crippen molar-refractivity contribution in [3.63, 3.8) is 0 Å². The molecule has 0 saturated carbocycles. The van der Waals surface area contributed by atoms with Crippen molar-refractivity contribution in [3.05, 3.63) is 108 Å². The molecule has 0 saturated heterocycles. The molecule has 0 bridgehead atoms. The van der Waals surface area contributed by atoms with Crippen LogP contribution in [-0.2, 0) is 108 Å². The van der Waals surface area contributed by atoms with E-state index < -0.39 is 92.0 Å². The molecular formula is C60H110Cl3N5O25P6. The summed E-state index contributed by atoms with van der Waals surface area (Å²) in [6.07, 6.45) is 4.86. The number of nitrogens with one attached hydrogen (secondary N) is 3. The van der Waals surface area contributed by atoms with E-state index in [1.54, 1.807) is 27.7 Å². The number of ether oxygens (including phenoxy) is 5. The summed E-state index contributed by atoms with van der Waals surface area (Å²) < 4.78 is 105. The van der Waals surface area contributed by atoms with Crippen molar-refractivity contribution in [3.8, 4) is 0 Å². The maximum Gasteiger partial charge on any atom is 0.325 e. The Balaban J connectivity index is -0.000000358. The second kappa shape index (κ2) is 61.1. The van der Waals surface area contributed by atoms with Crippen LogP contribution in [0.4, 0.5) is 0 Å². The van der Waals surface area contributed by atoms with Gasteiger partial charge in [0.15, 0.2) is 0 Å². The van der Waals surface area contributed by atoms with Crippen molar-refractivity contribution < 1.29 is 119 Å².